The second kappa shape index (κ2) is 2.80. The van der Waals surface area contributed by atoms with Crippen molar-refractivity contribution in [1.29, 1.82) is 0 Å². The fourth-order valence-electron chi connectivity index (χ4n) is 1.45. The van der Waals surface area contributed by atoms with Crippen molar-refractivity contribution < 1.29 is 4.39 Å². The van der Waals surface area contributed by atoms with Gasteiger partial charge in [-0.3, -0.25) is 0 Å². The lowest BCUT2D eigenvalue weighted by molar-refractivity contribution is 0.513. The van der Waals surface area contributed by atoms with Crippen molar-refractivity contribution in [2.45, 2.75) is 26.2 Å². The van der Waals surface area contributed by atoms with Gasteiger partial charge in [-0.2, -0.15) is 5.10 Å². The second-order valence-electron chi connectivity index (χ2n) is 4.44. The normalized spacial score (nSPS) is 12.3. The average Bonchev–Trinajstić information content (AvgIpc) is 2.44. The average molecular weight is 192 g/mol. The maximum Gasteiger partial charge on any atom is 0.172 e. The van der Waals surface area contributed by atoms with Crippen LogP contribution >= 0.6 is 0 Å². The summed E-state index contributed by atoms with van der Waals surface area (Å²) in [6.45, 7) is 5.87. The van der Waals surface area contributed by atoms with E-state index in [1.54, 1.807) is 16.8 Å². The minimum atomic E-state index is -0.254. The molecule has 0 aliphatic rings. The van der Waals surface area contributed by atoms with Gasteiger partial charge >= 0.3 is 0 Å². The van der Waals surface area contributed by atoms with Crippen LogP contribution in [-0.2, 0) is 5.41 Å². The molecule has 3 heteroatoms. The van der Waals surface area contributed by atoms with E-state index < -0.39 is 0 Å². The molecule has 14 heavy (non-hydrogen) atoms. The molecular formula is C11H13FN2. The van der Waals surface area contributed by atoms with Gasteiger partial charge in [0.2, 0.25) is 0 Å². The van der Waals surface area contributed by atoms with E-state index in [2.05, 4.69) is 5.10 Å². The highest BCUT2D eigenvalue weighted by molar-refractivity contribution is 5.50. The number of nitrogens with zero attached hydrogens (tertiary/aromatic N) is 2. The third kappa shape index (κ3) is 1.29. The van der Waals surface area contributed by atoms with Crippen LogP contribution in [0.2, 0.25) is 0 Å². The highest BCUT2D eigenvalue weighted by Crippen LogP contribution is 2.25. The van der Waals surface area contributed by atoms with Crippen LogP contribution in [0.5, 0.6) is 0 Å². The Labute approximate surface area is 82.4 Å². The molecule has 0 aliphatic carbocycles. The first-order valence-electron chi connectivity index (χ1n) is 4.63. The molecular weight excluding hydrogens is 179 g/mol. The van der Waals surface area contributed by atoms with Gasteiger partial charge in [0, 0.05) is 11.6 Å². The zero-order valence-electron chi connectivity index (χ0n) is 8.58. The molecule has 0 radical (unpaired) electrons. The third-order valence-electron chi connectivity index (χ3n) is 2.19. The zero-order chi connectivity index (χ0) is 10.3. The van der Waals surface area contributed by atoms with Crippen LogP contribution in [-0.4, -0.2) is 9.61 Å². The molecule has 2 rings (SSSR count). The van der Waals surface area contributed by atoms with Crippen LogP contribution in [0.1, 0.15) is 26.5 Å². The van der Waals surface area contributed by atoms with Crippen LogP contribution < -0.4 is 0 Å². The molecule has 74 valence electrons. The number of hydrogen-bond donors (Lipinski definition) is 0. The van der Waals surface area contributed by atoms with Crippen LogP contribution in [0.15, 0.2) is 24.4 Å². The van der Waals surface area contributed by atoms with Crippen LogP contribution in [0, 0.1) is 5.82 Å². The van der Waals surface area contributed by atoms with Gasteiger partial charge in [-0.1, -0.05) is 26.8 Å². The van der Waals surface area contributed by atoms with Crippen molar-refractivity contribution in [2.75, 3.05) is 0 Å². The Kier molecular flexibility index (Phi) is 1.84. The highest BCUT2D eigenvalue weighted by Gasteiger charge is 2.23. The number of hydrogen-bond acceptors (Lipinski definition) is 1. The molecule has 0 spiro atoms. The Morgan fingerprint density at radius 1 is 1.29 bits per heavy atom. The molecule has 0 atom stereocenters. The standard InChI is InChI=1S/C11H13FN2/c1-11(2,3)10-9(12)8-6-4-5-7-14(8)13-10/h4-7H,1-3H3. The molecule has 2 heterocycles. The molecule has 0 unspecified atom stereocenters. The van der Waals surface area contributed by atoms with Gasteiger partial charge in [0.05, 0.1) is 0 Å². The second-order valence-corrected chi connectivity index (χ2v) is 4.44. The number of fused-ring (bicyclic) bond motifs is 1. The summed E-state index contributed by atoms with van der Waals surface area (Å²) in [5, 5.41) is 4.23. The Morgan fingerprint density at radius 3 is 2.57 bits per heavy atom. The van der Waals surface area contributed by atoms with E-state index in [1.165, 1.54) is 0 Å². The highest BCUT2D eigenvalue weighted by atomic mass is 19.1. The van der Waals surface area contributed by atoms with E-state index in [1.807, 2.05) is 32.9 Å². The summed E-state index contributed by atoms with van der Waals surface area (Å²) in [6, 6.07) is 5.38. The largest absolute Gasteiger partial charge is 0.238 e. The third-order valence-corrected chi connectivity index (χ3v) is 2.19. The minimum absolute atomic E-state index is 0.210. The molecule has 2 nitrogen and oxygen atoms in total. The van der Waals surface area contributed by atoms with E-state index in [0.29, 0.717) is 11.2 Å². The summed E-state index contributed by atoms with van der Waals surface area (Å²) < 4.78 is 15.4. The molecule has 0 aliphatic heterocycles. The van der Waals surface area contributed by atoms with Crippen LogP contribution in [0.25, 0.3) is 5.52 Å². The summed E-state index contributed by atoms with van der Waals surface area (Å²) in [7, 11) is 0. The fourth-order valence-corrected chi connectivity index (χ4v) is 1.45. The van der Waals surface area contributed by atoms with Crippen LogP contribution in [0.4, 0.5) is 4.39 Å². The molecule has 0 N–H and O–H groups in total. The van der Waals surface area contributed by atoms with Crippen LogP contribution in [0.3, 0.4) is 0 Å². The van der Waals surface area contributed by atoms with Gasteiger partial charge in [0.25, 0.3) is 0 Å². The van der Waals surface area contributed by atoms with Crippen molar-refractivity contribution in [3.05, 3.63) is 35.9 Å². The molecule has 0 saturated carbocycles. The lowest BCUT2D eigenvalue weighted by atomic mass is 9.92. The zero-order valence-corrected chi connectivity index (χ0v) is 8.58. The predicted octanol–water partition coefficient (Wildman–Crippen LogP) is 2.77. The maximum absolute atomic E-state index is 13.8. The van der Waals surface area contributed by atoms with Crippen molar-refractivity contribution in [3.63, 3.8) is 0 Å². The Bertz CT molecular complexity index is 466. The summed E-state index contributed by atoms with van der Waals surface area (Å²) in [5.41, 5.74) is 0.803. The van der Waals surface area contributed by atoms with E-state index in [0.717, 1.165) is 0 Å². The molecule has 2 aromatic heterocycles. The van der Waals surface area contributed by atoms with Crippen molar-refractivity contribution in [2.24, 2.45) is 0 Å². The fraction of sp³-hybridized carbons (Fsp3) is 0.364. The van der Waals surface area contributed by atoms with E-state index in [4.69, 9.17) is 0 Å². The van der Waals surface area contributed by atoms with Gasteiger partial charge in [0.15, 0.2) is 5.82 Å². The summed E-state index contributed by atoms with van der Waals surface area (Å²) in [6.07, 6.45) is 1.76. The van der Waals surface area contributed by atoms with Crippen molar-refractivity contribution in [1.82, 2.24) is 9.61 Å². The Morgan fingerprint density at radius 2 is 2.00 bits per heavy atom. The summed E-state index contributed by atoms with van der Waals surface area (Å²) in [4.78, 5) is 0. The first-order valence-corrected chi connectivity index (χ1v) is 4.63. The quantitative estimate of drug-likeness (QED) is 0.627. The van der Waals surface area contributed by atoms with E-state index >= 15 is 0 Å². The SMILES string of the molecule is CC(C)(C)c1nn2ccccc2c1F. The topological polar surface area (TPSA) is 17.3 Å². The summed E-state index contributed by atoms with van der Waals surface area (Å²) >= 11 is 0. The maximum atomic E-state index is 13.8. The first kappa shape index (κ1) is 9.19. The summed E-state index contributed by atoms with van der Waals surface area (Å²) in [5.74, 6) is -0.210. The Hall–Kier alpha value is -1.38. The van der Waals surface area contributed by atoms with Crippen molar-refractivity contribution in [3.8, 4) is 0 Å². The molecule has 0 bridgehead atoms. The van der Waals surface area contributed by atoms with Gasteiger partial charge < -0.3 is 0 Å². The monoisotopic (exact) mass is 192 g/mol. The predicted molar refractivity (Wildman–Crippen MR) is 53.9 cm³/mol. The smallest absolute Gasteiger partial charge is 0.172 e. The van der Waals surface area contributed by atoms with E-state index in [9.17, 15) is 4.39 Å². The van der Waals surface area contributed by atoms with Gasteiger partial charge in [-0.15, -0.1) is 0 Å². The van der Waals surface area contributed by atoms with Crippen molar-refractivity contribution >= 4 is 5.52 Å². The lowest BCUT2D eigenvalue weighted by Crippen LogP contribution is -2.13. The number of aromatic nitrogens is 2. The lowest BCUT2D eigenvalue weighted by Gasteiger charge is -2.14. The minimum Gasteiger partial charge on any atom is -0.238 e. The van der Waals surface area contributed by atoms with Gasteiger partial charge in [-0.05, 0) is 12.1 Å². The van der Waals surface area contributed by atoms with Gasteiger partial charge in [-0.25, -0.2) is 8.91 Å². The number of halogens is 1. The Balaban J connectivity index is 2.75. The molecule has 2 aromatic rings. The molecule has 0 saturated heterocycles. The molecule has 0 amide bonds. The molecule has 0 fully saturated rings. The molecule has 0 aromatic carbocycles. The number of pyridine rings is 1. The van der Waals surface area contributed by atoms with Gasteiger partial charge in [0.1, 0.15) is 11.2 Å². The van der Waals surface area contributed by atoms with E-state index in [-0.39, 0.29) is 11.2 Å². The first-order chi connectivity index (χ1) is 6.50. The number of rotatable bonds is 0.